The van der Waals surface area contributed by atoms with E-state index in [2.05, 4.69) is 10.3 Å². The predicted molar refractivity (Wildman–Crippen MR) is 69.8 cm³/mol. The third kappa shape index (κ3) is 3.12. The van der Waals surface area contributed by atoms with E-state index in [1.54, 1.807) is 25.4 Å². The number of hydrogen-bond donors (Lipinski definition) is 1. The maximum atomic E-state index is 12.1. The molecule has 0 aliphatic carbocycles. The molecule has 1 aromatic rings. The van der Waals surface area contributed by atoms with Gasteiger partial charge in [0.15, 0.2) is 0 Å². The van der Waals surface area contributed by atoms with Gasteiger partial charge in [0, 0.05) is 19.3 Å². The molecule has 0 saturated carbocycles. The quantitative estimate of drug-likeness (QED) is 0.876. The molecule has 0 spiro atoms. The Morgan fingerprint density at radius 2 is 2.06 bits per heavy atom. The van der Waals surface area contributed by atoms with Crippen LogP contribution < -0.4 is 10.1 Å². The number of aromatic nitrogens is 1. The Hall–Kier alpha value is -1.78. The molecule has 1 aliphatic rings. The van der Waals surface area contributed by atoms with Crippen molar-refractivity contribution in [1.82, 2.24) is 9.88 Å². The summed E-state index contributed by atoms with van der Waals surface area (Å²) >= 11 is 0. The van der Waals surface area contributed by atoms with Crippen LogP contribution in [-0.2, 0) is 0 Å². The van der Waals surface area contributed by atoms with Gasteiger partial charge in [-0.05, 0) is 25.0 Å². The molecule has 2 amide bonds. The lowest BCUT2D eigenvalue weighted by atomic mass is 10.2. The van der Waals surface area contributed by atoms with Crippen molar-refractivity contribution in [3.05, 3.63) is 18.3 Å². The number of methoxy groups -OCH3 is 1. The maximum Gasteiger partial charge on any atom is 0.321 e. The second-order valence-corrected chi connectivity index (χ2v) is 4.39. The summed E-state index contributed by atoms with van der Waals surface area (Å²) in [7, 11) is 1.55. The number of anilines is 1. The summed E-state index contributed by atoms with van der Waals surface area (Å²) in [5.74, 6) is 0.445. The van der Waals surface area contributed by atoms with Crippen LogP contribution in [0.3, 0.4) is 0 Å². The summed E-state index contributed by atoms with van der Waals surface area (Å²) in [4.78, 5) is 18.0. The summed E-state index contributed by atoms with van der Waals surface area (Å²) in [6.07, 6.45) is 6.22. The van der Waals surface area contributed by atoms with Gasteiger partial charge in [0.1, 0.15) is 5.69 Å². The lowest BCUT2D eigenvalue weighted by Gasteiger charge is -2.21. The van der Waals surface area contributed by atoms with E-state index in [1.165, 1.54) is 12.8 Å². The molecule has 0 aromatic carbocycles. The minimum Gasteiger partial charge on any atom is -0.480 e. The zero-order valence-corrected chi connectivity index (χ0v) is 10.7. The van der Waals surface area contributed by atoms with Crippen molar-refractivity contribution in [2.24, 2.45) is 0 Å². The molecule has 2 rings (SSSR count). The number of hydrogen-bond acceptors (Lipinski definition) is 3. The number of rotatable bonds is 2. The molecule has 5 nitrogen and oxygen atoms in total. The molecular formula is C13H19N3O2. The molecule has 2 heterocycles. The third-order valence-electron chi connectivity index (χ3n) is 3.10. The van der Waals surface area contributed by atoms with E-state index >= 15 is 0 Å². The minimum atomic E-state index is -0.0665. The van der Waals surface area contributed by atoms with E-state index in [1.807, 2.05) is 4.90 Å². The van der Waals surface area contributed by atoms with Gasteiger partial charge in [0.05, 0.1) is 7.11 Å². The first-order valence-electron chi connectivity index (χ1n) is 6.36. The number of carbonyl (C=O) groups is 1. The highest BCUT2D eigenvalue weighted by Crippen LogP contribution is 2.20. The van der Waals surface area contributed by atoms with Crippen molar-refractivity contribution in [1.29, 1.82) is 0 Å². The SMILES string of the molecule is COc1ncccc1NC(=O)N1CCCCCC1. The Morgan fingerprint density at radius 3 is 2.72 bits per heavy atom. The fourth-order valence-electron chi connectivity index (χ4n) is 2.12. The Labute approximate surface area is 107 Å². The fourth-order valence-corrected chi connectivity index (χ4v) is 2.12. The summed E-state index contributed by atoms with van der Waals surface area (Å²) in [6, 6.07) is 3.51. The summed E-state index contributed by atoms with van der Waals surface area (Å²) in [6.45, 7) is 1.66. The maximum absolute atomic E-state index is 12.1. The van der Waals surface area contributed by atoms with Crippen molar-refractivity contribution in [2.45, 2.75) is 25.7 Å². The van der Waals surface area contributed by atoms with E-state index in [4.69, 9.17) is 4.74 Å². The highest BCUT2D eigenvalue weighted by molar-refractivity contribution is 5.90. The molecule has 5 heteroatoms. The predicted octanol–water partition coefficient (Wildman–Crippen LogP) is 2.50. The Balaban J connectivity index is 2.01. The molecule has 1 fully saturated rings. The number of nitrogens with zero attached hydrogens (tertiary/aromatic N) is 2. The fraction of sp³-hybridized carbons (Fsp3) is 0.538. The Bertz CT molecular complexity index is 401. The molecule has 1 aliphatic heterocycles. The van der Waals surface area contributed by atoms with Gasteiger partial charge in [-0.25, -0.2) is 9.78 Å². The molecule has 0 atom stereocenters. The van der Waals surface area contributed by atoms with Crippen LogP contribution in [0.4, 0.5) is 10.5 Å². The van der Waals surface area contributed by atoms with Gasteiger partial charge in [-0.15, -0.1) is 0 Å². The van der Waals surface area contributed by atoms with Crippen molar-refractivity contribution < 1.29 is 9.53 Å². The normalized spacial score (nSPS) is 15.9. The highest BCUT2D eigenvalue weighted by Gasteiger charge is 2.16. The van der Waals surface area contributed by atoms with Crippen LogP contribution in [0.2, 0.25) is 0 Å². The monoisotopic (exact) mass is 249 g/mol. The van der Waals surface area contributed by atoms with E-state index in [0.717, 1.165) is 25.9 Å². The number of nitrogens with one attached hydrogen (secondary N) is 1. The van der Waals surface area contributed by atoms with Gasteiger partial charge in [-0.2, -0.15) is 0 Å². The first-order chi connectivity index (χ1) is 8.81. The van der Waals surface area contributed by atoms with Crippen molar-refractivity contribution in [2.75, 3.05) is 25.5 Å². The van der Waals surface area contributed by atoms with E-state index in [-0.39, 0.29) is 6.03 Å². The summed E-state index contributed by atoms with van der Waals surface area (Å²) < 4.78 is 5.11. The summed E-state index contributed by atoms with van der Waals surface area (Å²) in [5, 5.41) is 2.86. The number of urea groups is 1. The third-order valence-corrected chi connectivity index (χ3v) is 3.10. The van der Waals surface area contributed by atoms with Crippen molar-refractivity contribution in [3.8, 4) is 5.88 Å². The first-order valence-corrected chi connectivity index (χ1v) is 6.36. The molecule has 1 saturated heterocycles. The largest absolute Gasteiger partial charge is 0.480 e. The molecule has 1 aromatic heterocycles. The molecule has 0 unspecified atom stereocenters. The van der Waals surface area contributed by atoms with Crippen LogP contribution in [0.15, 0.2) is 18.3 Å². The zero-order valence-electron chi connectivity index (χ0n) is 10.7. The Morgan fingerprint density at radius 1 is 1.33 bits per heavy atom. The number of pyridine rings is 1. The van der Waals surface area contributed by atoms with Gasteiger partial charge in [-0.3, -0.25) is 0 Å². The van der Waals surface area contributed by atoms with E-state index < -0.39 is 0 Å². The van der Waals surface area contributed by atoms with E-state index in [0.29, 0.717) is 11.6 Å². The molecule has 0 bridgehead atoms. The van der Waals surface area contributed by atoms with Crippen LogP contribution >= 0.6 is 0 Å². The highest BCUT2D eigenvalue weighted by atomic mass is 16.5. The average Bonchev–Trinajstić information content (AvgIpc) is 2.68. The lowest BCUT2D eigenvalue weighted by molar-refractivity contribution is 0.213. The number of ether oxygens (including phenoxy) is 1. The molecule has 0 radical (unpaired) electrons. The number of amides is 2. The lowest BCUT2D eigenvalue weighted by Crippen LogP contribution is -2.35. The molecular weight excluding hydrogens is 230 g/mol. The Kier molecular flexibility index (Phi) is 4.39. The second kappa shape index (κ2) is 6.23. The van der Waals surface area contributed by atoms with Crippen LogP contribution in [-0.4, -0.2) is 36.1 Å². The van der Waals surface area contributed by atoms with Gasteiger partial charge >= 0.3 is 6.03 Å². The first kappa shape index (κ1) is 12.7. The topological polar surface area (TPSA) is 54.5 Å². The average molecular weight is 249 g/mol. The molecule has 18 heavy (non-hydrogen) atoms. The minimum absolute atomic E-state index is 0.0665. The van der Waals surface area contributed by atoms with Crippen LogP contribution in [0.1, 0.15) is 25.7 Å². The smallest absolute Gasteiger partial charge is 0.321 e. The van der Waals surface area contributed by atoms with Gasteiger partial charge in [0.2, 0.25) is 5.88 Å². The number of likely N-dealkylation sites (tertiary alicyclic amines) is 1. The second-order valence-electron chi connectivity index (χ2n) is 4.39. The van der Waals surface area contributed by atoms with Crippen molar-refractivity contribution in [3.63, 3.8) is 0 Å². The van der Waals surface area contributed by atoms with Gasteiger partial charge < -0.3 is 15.0 Å². The number of carbonyl (C=O) groups excluding carboxylic acids is 1. The van der Waals surface area contributed by atoms with Crippen LogP contribution in [0.25, 0.3) is 0 Å². The zero-order chi connectivity index (χ0) is 12.8. The standard InChI is InChI=1S/C13H19N3O2/c1-18-12-11(7-6-8-14-12)15-13(17)16-9-4-2-3-5-10-16/h6-8H,2-5,9-10H2,1H3,(H,15,17). The summed E-state index contributed by atoms with van der Waals surface area (Å²) in [5.41, 5.74) is 0.620. The molecule has 1 N–H and O–H groups in total. The van der Waals surface area contributed by atoms with Crippen LogP contribution in [0.5, 0.6) is 5.88 Å². The van der Waals surface area contributed by atoms with Gasteiger partial charge in [-0.1, -0.05) is 12.8 Å². The van der Waals surface area contributed by atoms with Crippen LogP contribution in [0, 0.1) is 0 Å². The van der Waals surface area contributed by atoms with Crippen molar-refractivity contribution >= 4 is 11.7 Å². The molecule has 98 valence electrons. The van der Waals surface area contributed by atoms with Gasteiger partial charge in [0.25, 0.3) is 0 Å². The van der Waals surface area contributed by atoms with E-state index in [9.17, 15) is 4.79 Å².